The molecule has 0 unspecified atom stereocenters. The van der Waals surface area contributed by atoms with E-state index in [9.17, 15) is 37.3 Å². The van der Waals surface area contributed by atoms with Crippen molar-refractivity contribution >= 4 is 28.9 Å². The Bertz CT molecular complexity index is 1020. The summed E-state index contributed by atoms with van der Waals surface area (Å²) in [6, 6.07) is 6.02. The van der Waals surface area contributed by atoms with Gasteiger partial charge in [-0.2, -0.15) is 13.2 Å². The van der Waals surface area contributed by atoms with Crippen molar-refractivity contribution in [1.29, 1.82) is 0 Å². The SMILES string of the molecule is Cc1ccc(NC(=O)CNc2cc(C(=O)NCC(F)(F)F)cc(F)c2C)cc1[N+](=O)[O-]. The van der Waals surface area contributed by atoms with Crippen LogP contribution in [0.25, 0.3) is 0 Å². The Kier molecular flexibility index (Phi) is 7.16. The number of nitro benzene ring substituents is 1. The van der Waals surface area contributed by atoms with Gasteiger partial charge in [0.25, 0.3) is 11.6 Å². The topological polar surface area (TPSA) is 113 Å². The smallest absolute Gasteiger partial charge is 0.376 e. The number of carbonyl (C=O) groups excluding carboxylic acids is 2. The molecule has 2 rings (SSSR count). The van der Waals surface area contributed by atoms with Gasteiger partial charge >= 0.3 is 6.18 Å². The molecule has 0 spiro atoms. The third-order valence-electron chi connectivity index (χ3n) is 4.18. The third kappa shape index (κ3) is 6.66. The Morgan fingerprint density at radius 2 is 1.81 bits per heavy atom. The van der Waals surface area contributed by atoms with E-state index in [0.29, 0.717) is 5.56 Å². The van der Waals surface area contributed by atoms with E-state index in [0.717, 1.165) is 12.1 Å². The third-order valence-corrected chi connectivity index (χ3v) is 4.18. The molecule has 0 atom stereocenters. The van der Waals surface area contributed by atoms with Crippen LogP contribution in [0, 0.1) is 29.8 Å². The monoisotopic (exact) mass is 442 g/mol. The van der Waals surface area contributed by atoms with Crippen LogP contribution < -0.4 is 16.0 Å². The molecule has 0 saturated carbocycles. The lowest BCUT2D eigenvalue weighted by molar-refractivity contribution is -0.385. The molecule has 2 aromatic carbocycles. The van der Waals surface area contributed by atoms with E-state index < -0.39 is 41.8 Å². The maximum absolute atomic E-state index is 14.1. The van der Waals surface area contributed by atoms with E-state index >= 15 is 0 Å². The first-order valence-electron chi connectivity index (χ1n) is 8.81. The molecule has 8 nitrogen and oxygen atoms in total. The standard InChI is InChI=1S/C19H18F4N4O4/c1-10-3-4-13(7-16(10)27(30)31)26-17(28)8-24-15-6-12(5-14(20)11(15)2)18(29)25-9-19(21,22)23/h3-7,24H,8-9H2,1-2H3,(H,25,29)(H,26,28). The highest BCUT2D eigenvalue weighted by atomic mass is 19.4. The van der Waals surface area contributed by atoms with Gasteiger partial charge in [0.05, 0.1) is 11.5 Å². The molecule has 0 aliphatic rings. The number of halogens is 4. The number of nitrogens with one attached hydrogen (secondary N) is 3. The second-order valence-electron chi connectivity index (χ2n) is 6.59. The maximum atomic E-state index is 14.1. The van der Waals surface area contributed by atoms with Gasteiger partial charge in [0.15, 0.2) is 0 Å². The van der Waals surface area contributed by atoms with Crippen molar-refractivity contribution in [2.24, 2.45) is 0 Å². The van der Waals surface area contributed by atoms with Gasteiger partial charge in [0.2, 0.25) is 5.91 Å². The average molecular weight is 442 g/mol. The van der Waals surface area contributed by atoms with Crippen molar-refractivity contribution < 1.29 is 32.1 Å². The first kappa shape index (κ1) is 23.6. The lowest BCUT2D eigenvalue weighted by atomic mass is 10.1. The van der Waals surface area contributed by atoms with Gasteiger partial charge in [0.1, 0.15) is 12.4 Å². The van der Waals surface area contributed by atoms with E-state index in [1.165, 1.54) is 25.1 Å². The number of aryl methyl sites for hydroxylation is 1. The number of alkyl halides is 3. The van der Waals surface area contributed by atoms with Gasteiger partial charge in [-0.05, 0) is 32.0 Å². The molecule has 2 amide bonds. The fourth-order valence-corrected chi connectivity index (χ4v) is 2.54. The van der Waals surface area contributed by atoms with Crippen LogP contribution in [-0.2, 0) is 4.79 Å². The molecule has 0 aromatic heterocycles. The van der Waals surface area contributed by atoms with Gasteiger partial charge in [-0.25, -0.2) is 4.39 Å². The van der Waals surface area contributed by atoms with Crippen LogP contribution in [0.1, 0.15) is 21.5 Å². The molecule has 166 valence electrons. The highest BCUT2D eigenvalue weighted by Crippen LogP contribution is 2.23. The fourth-order valence-electron chi connectivity index (χ4n) is 2.54. The summed E-state index contributed by atoms with van der Waals surface area (Å²) in [6.45, 7) is 0.932. The molecule has 0 aliphatic carbocycles. The Balaban J connectivity index is 2.08. The summed E-state index contributed by atoms with van der Waals surface area (Å²) in [5, 5.41) is 17.7. The minimum atomic E-state index is -4.62. The van der Waals surface area contributed by atoms with Crippen molar-refractivity contribution in [1.82, 2.24) is 5.32 Å². The molecule has 0 radical (unpaired) electrons. The van der Waals surface area contributed by atoms with Crippen molar-refractivity contribution in [3.05, 3.63) is 63.0 Å². The second-order valence-corrected chi connectivity index (χ2v) is 6.59. The Morgan fingerprint density at radius 3 is 2.42 bits per heavy atom. The summed E-state index contributed by atoms with van der Waals surface area (Å²) in [7, 11) is 0. The Morgan fingerprint density at radius 1 is 1.13 bits per heavy atom. The predicted octanol–water partition coefficient (Wildman–Crippen LogP) is 3.69. The zero-order valence-corrected chi connectivity index (χ0v) is 16.4. The molecule has 31 heavy (non-hydrogen) atoms. The van der Waals surface area contributed by atoms with Gasteiger partial charge in [-0.3, -0.25) is 19.7 Å². The normalized spacial score (nSPS) is 11.0. The minimum Gasteiger partial charge on any atom is -0.376 e. The molecule has 12 heteroatoms. The molecular weight excluding hydrogens is 424 g/mol. The Hall–Kier alpha value is -3.70. The Labute approximate surface area is 173 Å². The summed E-state index contributed by atoms with van der Waals surface area (Å²) in [5.41, 5.74) is 0.124. The highest BCUT2D eigenvalue weighted by molar-refractivity contribution is 5.96. The summed E-state index contributed by atoms with van der Waals surface area (Å²) in [5.74, 6) is -2.60. The van der Waals surface area contributed by atoms with Crippen molar-refractivity contribution in [3.8, 4) is 0 Å². The van der Waals surface area contributed by atoms with Gasteiger partial charge < -0.3 is 16.0 Å². The minimum absolute atomic E-state index is 0.0298. The molecule has 0 saturated heterocycles. The van der Waals surface area contributed by atoms with Gasteiger partial charge in [-0.1, -0.05) is 6.07 Å². The quantitative estimate of drug-likeness (QED) is 0.344. The second kappa shape index (κ2) is 9.41. The van der Waals surface area contributed by atoms with Crippen molar-refractivity contribution in [3.63, 3.8) is 0 Å². The fraction of sp³-hybridized carbons (Fsp3) is 0.263. The molecule has 3 N–H and O–H groups in total. The van der Waals surface area contributed by atoms with E-state index in [-0.39, 0.29) is 28.2 Å². The summed E-state index contributed by atoms with van der Waals surface area (Å²) >= 11 is 0. The van der Waals surface area contributed by atoms with Crippen molar-refractivity contribution in [2.75, 3.05) is 23.7 Å². The lowest BCUT2D eigenvalue weighted by Gasteiger charge is -2.14. The van der Waals surface area contributed by atoms with Gasteiger partial charge in [-0.15, -0.1) is 0 Å². The number of nitrogens with zero attached hydrogens (tertiary/aromatic N) is 1. The molecule has 0 fully saturated rings. The molecule has 0 aliphatic heterocycles. The molecular formula is C19H18F4N4O4. The number of anilines is 2. The number of carbonyl (C=O) groups is 2. The maximum Gasteiger partial charge on any atom is 0.405 e. The van der Waals surface area contributed by atoms with Crippen LogP contribution in [0.3, 0.4) is 0 Å². The van der Waals surface area contributed by atoms with E-state index in [2.05, 4.69) is 10.6 Å². The van der Waals surface area contributed by atoms with Crippen LogP contribution in [-0.4, -0.2) is 36.0 Å². The average Bonchev–Trinajstić information content (AvgIpc) is 2.67. The van der Waals surface area contributed by atoms with Crippen LogP contribution >= 0.6 is 0 Å². The largest absolute Gasteiger partial charge is 0.405 e. The van der Waals surface area contributed by atoms with Crippen LogP contribution in [0.4, 0.5) is 34.6 Å². The summed E-state index contributed by atoms with van der Waals surface area (Å²) in [4.78, 5) is 34.4. The van der Waals surface area contributed by atoms with Gasteiger partial charge in [0, 0.05) is 34.1 Å². The number of hydrogen-bond acceptors (Lipinski definition) is 5. The van der Waals surface area contributed by atoms with Crippen LogP contribution in [0.5, 0.6) is 0 Å². The number of hydrogen-bond donors (Lipinski definition) is 3. The molecule has 0 bridgehead atoms. The summed E-state index contributed by atoms with van der Waals surface area (Å²) in [6.07, 6.45) is -4.62. The first-order valence-corrected chi connectivity index (χ1v) is 8.81. The van der Waals surface area contributed by atoms with E-state index in [1.807, 2.05) is 0 Å². The van der Waals surface area contributed by atoms with Crippen LogP contribution in [0.15, 0.2) is 30.3 Å². The number of benzene rings is 2. The molecule has 2 aromatic rings. The van der Waals surface area contributed by atoms with Crippen LogP contribution in [0.2, 0.25) is 0 Å². The number of amides is 2. The number of nitro groups is 1. The van der Waals surface area contributed by atoms with E-state index in [1.54, 1.807) is 12.2 Å². The van der Waals surface area contributed by atoms with E-state index in [4.69, 9.17) is 0 Å². The first-order chi connectivity index (χ1) is 14.4. The lowest BCUT2D eigenvalue weighted by Crippen LogP contribution is -2.33. The zero-order chi connectivity index (χ0) is 23.3. The number of rotatable bonds is 7. The zero-order valence-electron chi connectivity index (χ0n) is 16.4. The highest BCUT2D eigenvalue weighted by Gasteiger charge is 2.28. The summed E-state index contributed by atoms with van der Waals surface area (Å²) < 4.78 is 50.9. The molecule has 0 heterocycles. The van der Waals surface area contributed by atoms with Crippen molar-refractivity contribution in [2.45, 2.75) is 20.0 Å². The predicted molar refractivity (Wildman–Crippen MR) is 104 cm³/mol.